The molecule has 7 heteroatoms. The average molecular weight is 403 g/mol. The standard InChI is InChI=1S/C20H19ClN2O3S/c21-14-5-3-4-13(10-14)18(24)17(23(20(25)26)11-12-8-9-12)19-22-15-6-1-2-7-16(15)27-19/h1-7,10,12,17-18,24H,8-9,11H2,(H,25,26)/t17-,18-/m1/s1. The number of aromatic nitrogens is 1. The van der Waals surface area contributed by atoms with Crippen molar-refractivity contribution in [1.29, 1.82) is 0 Å². The van der Waals surface area contributed by atoms with Crippen LogP contribution < -0.4 is 0 Å². The van der Waals surface area contributed by atoms with Crippen LogP contribution >= 0.6 is 22.9 Å². The SMILES string of the molecule is O=C(O)N(CC1CC1)[C@@H](c1nc2ccccc2s1)[C@H](O)c1cccc(Cl)c1. The molecule has 2 atom stereocenters. The Labute approximate surface area is 165 Å². The molecule has 0 aliphatic heterocycles. The van der Waals surface area contributed by atoms with Crippen LogP contribution in [0.2, 0.25) is 5.02 Å². The van der Waals surface area contributed by atoms with Gasteiger partial charge in [-0.25, -0.2) is 9.78 Å². The highest BCUT2D eigenvalue weighted by molar-refractivity contribution is 7.18. The molecule has 5 nitrogen and oxygen atoms in total. The minimum atomic E-state index is -1.06. The molecule has 1 heterocycles. The van der Waals surface area contributed by atoms with Crippen LogP contribution in [0.1, 0.15) is 35.6 Å². The summed E-state index contributed by atoms with van der Waals surface area (Å²) >= 11 is 7.50. The predicted octanol–water partition coefficient (Wildman–Crippen LogP) is 5.11. The Bertz CT molecular complexity index is 940. The summed E-state index contributed by atoms with van der Waals surface area (Å²) in [5, 5.41) is 22.1. The van der Waals surface area contributed by atoms with Crippen LogP contribution in [-0.4, -0.2) is 32.7 Å². The van der Waals surface area contributed by atoms with Crippen molar-refractivity contribution >= 4 is 39.2 Å². The van der Waals surface area contributed by atoms with Gasteiger partial charge in [-0.1, -0.05) is 35.9 Å². The van der Waals surface area contributed by atoms with Gasteiger partial charge in [0, 0.05) is 11.6 Å². The van der Waals surface area contributed by atoms with Crippen molar-refractivity contribution < 1.29 is 15.0 Å². The molecule has 2 N–H and O–H groups in total. The van der Waals surface area contributed by atoms with E-state index in [1.807, 2.05) is 24.3 Å². The predicted molar refractivity (Wildman–Crippen MR) is 106 cm³/mol. The first-order valence-corrected chi connectivity index (χ1v) is 10.0. The quantitative estimate of drug-likeness (QED) is 0.600. The largest absolute Gasteiger partial charge is 0.465 e. The summed E-state index contributed by atoms with van der Waals surface area (Å²) in [6.07, 6.45) is -0.0703. The summed E-state index contributed by atoms with van der Waals surface area (Å²) < 4.78 is 0.965. The van der Waals surface area contributed by atoms with E-state index in [4.69, 9.17) is 11.6 Å². The highest BCUT2D eigenvalue weighted by Crippen LogP contribution is 2.41. The summed E-state index contributed by atoms with van der Waals surface area (Å²) in [5.41, 5.74) is 1.38. The van der Waals surface area contributed by atoms with Gasteiger partial charge in [0.2, 0.25) is 0 Å². The fraction of sp³-hybridized carbons (Fsp3) is 0.300. The second-order valence-corrected chi connectivity index (χ2v) is 8.34. The van der Waals surface area contributed by atoms with Crippen molar-refractivity contribution in [3.8, 4) is 0 Å². The molecule has 2 aromatic carbocycles. The van der Waals surface area contributed by atoms with Crippen LogP contribution in [-0.2, 0) is 0 Å². The summed E-state index contributed by atoms with van der Waals surface area (Å²) in [5.74, 6) is 0.351. The second-order valence-electron chi connectivity index (χ2n) is 6.84. The maximum Gasteiger partial charge on any atom is 0.408 e. The van der Waals surface area contributed by atoms with Crippen LogP contribution in [0.5, 0.6) is 0 Å². The number of thiazole rings is 1. The number of hydrogen-bond acceptors (Lipinski definition) is 4. The van der Waals surface area contributed by atoms with E-state index >= 15 is 0 Å². The van der Waals surface area contributed by atoms with Crippen molar-refractivity contribution in [3.63, 3.8) is 0 Å². The molecule has 0 radical (unpaired) electrons. The van der Waals surface area contributed by atoms with E-state index in [2.05, 4.69) is 4.98 Å². The van der Waals surface area contributed by atoms with Crippen molar-refractivity contribution in [2.45, 2.75) is 25.0 Å². The van der Waals surface area contributed by atoms with Gasteiger partial charge in [-0.3, -0.25) is 4.90 Å². The van der Waals surface area contributed by atoms with Crippen molar-refractivity contribution in [2.75, 3.05) is 6.54 Å². The smallest absolute Gasteiger partial charge is 0.408 e. The third-order valence-corrected chi connectivity index (χ3v) is 6.13. The number of halogens is 1. The minimum Gasteiger partial charge on any atom is -0.465 e. The Kier molecular flexibility index (Phi) is 5.04. The molecule has 1 aliphatic rings. The first-order valence-electron chi connectivity index (χ1n) is 8.81. The topological polar surface area (TPSA) is 73.7 Å². The zero-order valence-corrected chi connectivity index (χ0v) is 16.0. The lowest BCUT2D eigenvalue weighted by Crippen LogP contribution is -2.38. The number of aliphatic hydroxyl groups is 1. The van der Waals surface area contributed by atoms with E-state index in [1.54, 1.807) is 24.3 Å². The summed E-state index contributed by atoms with van der Waals surface area (Å²) in [6.45, 7) is 0.396. The number of carboxylic acid groups (broad SMARTS) is 1. The molecule has 140 valence electrons. The molecular weight excluding hydrogens is 384 g/mol. The number of benzene rings is 2. The number of amides is 1. The van der Waals surface area contributed by atoms with Crippen LogP contribution in [0, 0.1) is 5.92 Å². The van der Waals surface area contributed by atoms with Crippen LogP contribution in [0.4, 0.5) is 4.79 Å². The third-order valence-electron chi connectivity index (χ3n) is 4.79. The number of aliphatic hydroxyl groups excluding tert-OH is 1. The van der Waals surface area contributed by atoms with E-state index in [9.17, 15) is 15.0 Å². The highest BCUT2D eigenvalue weighted by Gasteiger charge is 2.38. The Balaban J connectivity index is 1.78. The molecule has 0 spiro atoms. The van der Waals surface area contributed by atoms with Gasteiger partial charge in [-0.15, -0.1) is 11.3 Å². The van der Waals surface area contributed by atoms with Gasteiger partial charge in [-0.2, -0.15) is 0 Å². The van der Waals surface area contributed by atoms with E-state index < -0.39 is 18.2 Å². The Hall–Kier alpha value is -2.15. The first kappa shape index (κ1) is 18.2. The van der Waals surface area contributed by atoms with Gasteiger partial charge >= 0.3 is 6.09 Å². The zero-order chi connectivity index (χ0) is 19.0. The van der Waals surface area contributed by atoms with Crippen LogP contribution in [0.25, 0.3) is 10.2 Å². The lowest BCUT2D eigenvalue weighted by molar-refractivity contribution is 0.0442. The van der Waals surface area contributed by atoms with E-state index in [0.29, 0.717) is 28.1 Å². The van der Waals surface area contributed by atoms with Crippen LogP contribution in [0.3, 0.4) is 0 Å². The molecule has 27 heavy (non-hydrogen) atoms. The van der Waals surface area contributed by atoms with Gasteiger partial charge < -0.3 is 10.2 Å². The molecule has 1 saturated carbocycles. The second kappa shape index (κ2) is 7.46. The fourth-order valence-electron chi connectivity index (χ4n) is 3.22. The molecule has 0 bridgehead atoms. The number of nitrogens with zero attached hydrogens (tertiary/aromatic N) is 2. The molecule has 1 amide bonds. The Morgan fingerprint density at radius 1 is 1.26 bits per heavy atom. The molecular formula is C20H19ClN2O3S. The molecule has 1 fully saturated rings. The normalized spacial score (nSPS) is 16.2. The zero-order valence-electron chi connectivity index (χ0n) is 14.5. The summed E-state index contributed by atoms with van der Waals surface area (Å²) in [4.78, 5) is 18.0. The number of fused-ring (bicyclic) bond motifs is 1. The van der Waals surface area contributed by atoms with Gasteiger partial charge in [0.1, 0.15) is 17.2 Å². The minimum absolute atomic E-state index is 0.351. The summed E-state index contributed by atoms with van der Waals surface area (Å²) in [6, 6.07) is 13.8. The lowest BCUT2D eigenvalue weighted by atomic mass is 10.0. The molecule has 0 unspecified atom stereocenters. The highest BCUT2D eigenvalue weighted by atomic mass is 35.5. The number of carbonyl (C=O) groups is 1. The van der Waals surface area contributed by atoms with E-state index in [-0.39, 0.29) is 0 Å². The number of rotatable bonds is 6. The average Bonchev–Trinajstić information content (AvgIpc) is 3.37. The van der Waals surface area contributed by atoms with Crippen molar-refractivity contribution in [2.24, 2.45) is 5.92 Å². The van der Waals surface area contributed by atoms with E-state index in [1.165, 1.54) is 16.2 Å². The fourth-order valence-corrected chi connectivity index (χ4v) is 4.53. The van der Waals surface area contributed by atoms with E-state index in [0.717, 1.165) is 23.1 Å². The molecule has 1 aliphatic carbocycles. The lowest BCUT2D eigenvalue weighted by Gasteiger charge is -2.32. The molecule has 3 aromatic rings. The molecule has 0 saturated heterocycles. The maximum atomic E-state index is 12.1. The monoisotopic (exact) mass is 402 g/mol. The van der Waals surface area contributed by atoms with Crippen molar-refractivity contribution in [1.82, 2.24) is 9.88 Å². The first-order chi connectivity index (χ1) is 13.0. The molecule has 4 rings (SSSR count). The van der Waals surface area contributed by atoms with Gasteiger partial charge in [0.25, 0.3) is 0 Å². The van der Waals surface area contributed by atoms with Gasteiger partial charge in [0.05, 0.1) is 10.2 Å². The number of hydrogen-bond donors (Lipinski definition) is 2. The Morgan fingerprint density at radius 2 is 2.04 bits per heavy atom. The number of para-hydroxylation sites is 1. The van der Waals surface area contributed by atoms with Gasteiger partial charge in [-0.05, 0) is 48.6 Å². The third kappa shape index (κ3) is 3.93. The van der Waals surface area contributed by atoms with Crippen LogP contribution in [0.15, 0.2) is 48.5 Å². The maximum absolute atomic E-state index is 12.1. The van der Waals surface area contributed by atoms with Crippen molar-refractivity contribution in [3.05, 3.63) is 64.1 Å². The molecule has 1 aromatic heterocycles. The Morgan fingerprint density at radius 3 is 2.70 bits per heavy atom. The van der Waals surface area contributed by atoms with Gasteiger partial charge in [0.15, 0.2) is 0 Å². The summed E-state index contributed by atoms with van der Waals surface area (Å²) in [7, 11) is 0.